The van der Waals surface area contributed by atoms with Crippen molar-refractivity contribution in [2.24, 2.45) is 0 Å². The number of rotatable bonds is 76. The molecule has 0 aliphatic carbocycles. The number of aliphatic hydroxyl groups excluding tert-OH is 2. The summed E-state index contributed by atoms with van der Waals surface area (Å²) in [6.07, 6.45) is 104. The summed E-state index contributed by atoms with van der Waals surface area (Å²) in [6.45, 7) is 4.93. The Morgan fingerprint density at radius 2 is 0.562 bits per heavy atom. The molecule has 0 radical (unpaired) electrons. The SMILES string of the molecule is CCCCCC/C=C\C/C=C\CCCCCCCCCC(=O)OCCCCCCCCCCCCCCCC/C=C\CCCCCCCCCCCCCCCCCCCC(=O)NC(CO)C(O)/C=C/CCCCCCCCCCCCCCCCCCC. The number of unbranched alkanes of at least 4 members (excludes halogenated alkanes) is 59. The standard InChI is InChI=1S/C83H157NO5/c1-3-5-7-9-11-13-15-17-19-21-40-43-47-51-55-59-63-67-71-75-81(86)80(79-85)84-82(87)76-72-68-64-60-56-52-48-44-41-38-36-34-32-30-28-26-24-23-25-27-29-31-33-35-37-39-42-46-50-54-58-62-66-70-74-78-89-83(88)77-73-69-65-61-57-53-49-45-22-20-18-16-14-12-10-8-6-4-2/h14,16,20,22,25,27,71,75,80-81,85-86H,3-13,15,17-19,21,23-24,26,28-70,72-74,76-79H2,1-2H3,(H,84,87)/b16-14-,22-20-,27-25-,75-71+. The Hall–Kier alpha value is -2.18. The van der Waals surface area contributed by atoms with Gasteiger partial charge in [-0.2, -0.15) is 0 Å². The fraction of sp³-hybridized carbons (Fsp3) is 0.880. The van der Waals surface area contributed by atoms with Gasteiger partial charge in [-0.3, -0.25) is 9.59 Å². The zero-order valence-electron chi connectivity index (χ0n) is 60.2. The average Bonchev–Trinajstić information content (AvgIpc) is 3.58. The second kappa shape index (κ2) is 78.3. The number of nitrogens with one attached hydrogen (secondary N) is 1. The van der Waals surface area contributed by atoms with Crippen LogP contribution in [-0.4, -0.2) is 47.4 Å². The van der Waals surface area contributed by atoms with Crippen molar-refractivity contribution in [3.8, 4) is 0 Å². The van der Waals surface area contributed by atoms with Crippen LogP contribution in [0.3, 0.4) is 0 Å². The minimum absolute atomic E-state index is 0.0131. The minimum atomic E-state index is -0.843. The quantitative estimate of drug-likeness (QED) is 0.0320. The summed E-state index contributed by atoms with van der Waals surface area (Å²) in [4.78, 5) is 24.6. The molecule has 3 N–H and O–H groups in total. The number of hydrogen-bond acceptors (Lipinski definition) is 5. The van der Waals surface area contributed by atoms with Gasteiger partial charge in [0, 0.05) is 12.8 Å². The fourth-order valence-corrected chi connectivity index (χ4v) is 12.7. The predicted molar refractivity (Wildman–Crippen MR) is 393 cm³/mol. The van der Waals surface area contributed by atoms with Gasteiger partial charge in [0.1, 0.15) is 0 Å². The van der Waals surface area contributed by atoms with E-state index in [0.717, 1.165) is 51.4 Å². The number of amides is 1. The summed E-state index contributed by atoms with van der Waals surface area (Å²) < 4.78 is 5.51. The van der Waals surface area contributed by atoms with Gasteiger partial charge in [0.05, 0.1) is 25.4 Å². The fourth-order valence-electron chi connectivity index (χ4n) is 12.7. The lowest BCUT2D eigenvalue weighted by molar-refractivity contribution is -0.143. The van der Waals surface area contributed by atoms with Gasteiger partial charge in [0.15, 0.2) is 0 Å². The Morgan fingerprint density at radius 1 is 0.315 bits per heavy atom. The van der Waals surface area contributed by atoms with Gasteiger partial charge in [0.25, 0.3) is 0 Å². The topological polar surface area (TPSA) is 95.9 Å². The van der Waals surface area contributed by atoms with E-state index in [1.165, 1.54) is 366 Å². The summed E-state index contributed by atoms with van der Waals surface area (Å²) in [5, 5.41) is 23.3. The third-order valence-corrected chi connectivity index (χ3v) is 18.8. The number of allylic oxidation sites excluding steroid dienone is 7. The molecule has 2 atom stereocenters. The van der Waals surface area contributed by atoms with Crippen molar-refractivity contribution in [3.63, 3.8) is 0 Å². The molecule has 0 aromatic rings. The molecule has 0 bridgehead atoms. The first kappa shape index (κ1) is 86.8. The van der Waals surface area contributed by atoms with E-state index >= 15 is 0 Å². The third kappa shape index (κ3) is 74.7. The molecule has 0 aromatic heterocycles. The molecule has 0 saturated carbocycles. The molecule has 0 fully saturated rings. The molecule has 0 heterocycles. The number of esters is 1. The molecule has 6 nitrogen and oxygen atoms in total. The third-order valence-electron chi connectivity index (χ3n) is 18.8. The van der Waals surface area contributed by atoms with Crippen LogP contribution in [-0.2, 0) is 14.3 Å². The molecule has 6 heteroatoms. The summed E-state index contributed by atoms with van der Waals surface area (Å²) >= 11 is 0. The van der Waals surface area contributed by atoms with Crippen molar-refractivity contribution in [2.45, 2.75) is 456 Å². The molecule has 0 aliphatic rings. The van der Waals surface area contributed by atoms with Crippen LogP contribution < -0.4 is 5.32 Å². The maximum absolute atomic E-state index is 12.5. The second-order valence-corrected chi connectivity index (χ2v) is 27.7. The second-order valence-electron chi connectivity index (χ2n) is 27.7. The van der Waals surface area contributed by atoms with E-state index in [9.17, 15) is 19.8 Å². The van der Waals surface area contributed by atoms with Crippen LogP contribution in [0, 0.1) is 0 Å². The van der Waals surface area contributed by atoms with Crippen LogP contribution in [0.2, 0.25) is 0 Å². The molecule has 0 saturated heterocycles. The smallest absolute Gasteiger partial charge is 0.305 e. The normalized spacial score (nSPS) is 12.7. The lowest BCUT2D eigenvalue weighted by atomic mass is 10.0. The molecule has 0 aromatic carbocycles. The highest BCUT2D eigenvalue weighted by atomic mass is 16.5. The first-order valence-electron chi connectivity index (χ1n) is 40.4. The Balaban J connectivity index is 3.36. The van der Waals surface area contributed by atoms with Crippen LogP contribution in [0.5, 0.6) is 0 Å². The Labute approximate surface area is 556 Å². The number of carbonyl (C=O) groups is 2. The summed E-state index contributed by atoms with van der Waals surface area (Å²) in [7, 11) is 0. The van der Waals surface area contributed by atoms with E-state index in [1.807, 2.05) is 6.08 Å². The van der Waals surface area contributed by atoms with Crippen molar-refractivity contribution in [2.75, 3.05) is 13.2 Å². The number of hydrogen-bond donors (Lipinski definition) is 3. The average molecular weight is 1250 g/mol. The molecule has 2 unspecified atom stereocenters. The highest BCUT2D eigenvalue weighted by Crippen LogP contribution is 2.19. The molecule has 0 rings (SSSR count). The van der Waals surface area contributed by atoms with Crippen LogP contribution in [0.4, 0.5) is 0 Å². The summed E-state index contributed by atoms with van der Waals surface area (Å²) in [5.74, 6) is -0.0475. The van der Waals surface area contributed by atoms with E-state index in [-0.39, 0.29) is 18.5 Å². The van der Waals surface area contributed by atoms with E-state index in [0.29, 0.717) is 19.4 Å². The van der Waals surface area contributed by atoms with Gasteiger partial charge in [-0.25, -0.2) is 0 Å². The van der Waals surface area contributed by atoms with Gasteiger partial charge < -0.3 is 20.3 Å². The maximum atomic E-state index is 12.5. The van der Waals surface area contributed by atoms with Crippen LogP contribution in [0.15, 0.2) is 48.6 Å². The van der Waals surface area contributed by atoms with Gasteiger partial charge in [-0.1, -0.05) is 390 Å². The van der Waals surface area contributed by atoms with E-state index in [1.54, 1.807) is 6.08 Å². The van der Waals surface area contributed by atoms with Gasteiger partial charge >= 0.3 is 5.97 Å². The molecule has 89 heavy (non-hydrogen) atoms. The lowest BCUT2D eigenvalue weighted by Gasteiger charge is -2.20. The van der Waals surface area contributed by atoms with E-state index < -0.39 is 12.1 Å². The molecule has 1 amide bonds. The number of carbonyl (C=O) groups excluding carboxylic acids is 2. The van der Waals surface area contributed by atoms with Crippen molar-refractivity contribution in [1.29, 1.82) is 0 Å². The van der Waals surface area contributed by atoms with Crippen molar-refractivity contribution in [3.05, 3.63) is 48.6 Å². The van der Waals surface area contributed by atoms with Crippen molar-refractivity contribution >= 4 is 11.9 Å². The Bertz CT molecular complexity index is 1490. The molecule has 524 valence electrons. The van der Waals surface area contributed by atoms with Gasteiger partial charge in [0.2, 0.25) is 5.91 Å². The number of aliphatic hydroxyl groups is 2. The van der Waals surface area contributed by atoms with Crippen LogP contribution in [0.1, 0.15) is 444 Å². The zero-order valence-corrected chi connectivity index (χ0v) is 60.2. The van der Waals surface area contributed by atoms with Gasteiger partial charge in [-0.15, -0.1) is 0 Å². The van der Waals surface area contributed by atoms with Crippen LogP contribution >= 0.6 is 0 Å². The summed E-state index contributed by atoms with van der Waals surface area (Å²) in [6, 6.07) is -0.626. The summed E-state index contributed by atoms with van der Waals surface area (Å²) in [5.41, 5.74) is 0. The highest BCUT2D eigenvalue weighted by molar-refractivity contribution is 5.76. The number of ether oxygens (including phenoxy) is 1. The predicted octanol–water partition coefficient (Wildman–Crippen LogP) is 26.8. The minimum Gasteiger partial charge on any atom is -0.466 e. The molecular formula is C83H157NO5. The van der Waals surface area contributed by atoms with E-state index in [2.05, 4.69) is 55.6 Å². The molecule has 0 aliphatic heterocycles. The van der Waals surface area contributed by atoms with E-state index in [4.69, 9.17) is 4.74 Å². The Kier molecular flexibility index (Phi) is 76.3. The lowest BCUT2D eigenvalue weighted by Crippen LogP contribution is -2.45. The monoisotopic (exact) mass is 1250 g/mol. The zero-order chi connectivity index (χ0) is 64.2. The van der Waals surface area contributed by atoms with Crippen LogP contribution in [0.25, 0.3) is 0 Å². The van der Waals surface area contributed by atoms with Crippen molar-refractivity contribution < 1.29 is 24.5 Å². The Morgan fingerprint density at radius 3 is 0.876 bits per heavy atom. The molecular weight excluding hydrogens is 1090 g/mol. The first-order valence-corrected chi connectivity index (χ1v) is 40.4. The maximum Gasteiger partial charge on any atom is 0.305 e. The largest absolute Gasteiger partial charge is 0.466 e. The highest BCUT2D eigenvalue weighted by Gasteiger charge is 2.18. The van der Waals surface area contributed by atoms with Gasteiger partial charge in [-0.05, 0) is 89.9 Å². The molecule has 0 spiro atoms. The van der Waals surface area contributed by atoms with Crippen molar-refractivity contribution in [1.82, 2.24) is 5.32 Å². The first-order chi connectivity index (χ1) is 44.0.